The van der Waals surface area contributed by atoms with Crippen LogP contribution in [0.15, 0.2) is 47.0 Å². The van der Waals surface area contributed by atoms with E-state index in [-0.39, 0.29) is 0 Å². The van der Waals surface area contributed by atoms with Gasteiger partial charge < -0.3 is 4.42 Å². The minimum atomic E-state index is 0.585. The molecule has 1 aromatic carbocycles. The lowest BCUT2D eigenvalue weighted by atomic mass is 9.86. The molecule has 0 atom stereocenters. The van der Waals surface area contributed by atoms with Crippen molar-refractivity contribution in [3.63, 3.8) is 0 Å². The molecule has 1 aliphatic carbocycles. The van der Waals surface area contributed by atoms with Gasteiger partial charge in [0, 0.05) is 34.5 Å². The Morgan fingerprint density at radius 1 is 1.03 bits per heavy atom. The van der Waals surface area contributed by atoms with Gasteiger partial charge in [-0.15, -0.1) is 0 Å². The largest absolute Gasteiger partial charge is 0.437 e. The molecule has 3 nitrogen and oxygen atoms in total. The molecule has 3 aromatic heterocycles. The van der Waals surface area contributed by atoms with Crippen LogP contribution in [0.3, 0.4) is 0 Å². The summed E-state index contributed by atoms with van der Waals surface area (Å²) >= 11 is 0. The molecule has 3 heterocycles. The Kier molecular flexibility index (Phi) is 4.61. The van der Waals surface area contributed by atoms with Gasteiger partial charge in [0.1, 0.15) is 7.05 Å². The fourth-order valence-corrected chi connectivity index (χ4v) is 4.86. The summed E-state index contributed by atoms with van der Waals surface area (Å²) in [7, 11) is 2.11. The predicted octanol–water partition coefficient (Wildman–Crippen LogP) is 6.39. The summed E-state index contributed by atoms with van der Waals surface area (Å²) in [5, 5.41) is 2.28. The first-order valence-electron chi connectivity index (χ1n) is 11.0. The zero-order valence-electron chi connectivity index (χ0n) is 17.7. The van der Waals surface area contributed by atoms with E-state index in [2.05, 4.69) is 68.1 Å². The van der Waals surface area contributed by atoms with Crippen molar-refractivity contribution in [2.75, 3.05) is 0 Å². The maximum Gasteiger partial charge on any atom is 0.227 e. The Bertz CT molecular complexity index is 1200. The summed E-state index contributed by atoms with van der Waals surface area (Å²) in [6.07, 6.45) is 9.67. The van der Waals surface area contributed by atoms with E-state index in [1.54, 1.807) is 0 Å². The maximum absolute atomic E-state index is 6.45. The highest BCUT2D eigenvalue weighted by atomic mass is 16.3. The van der Waals surface area contributed by atoms with E-state index >= 15 is 0 Å². The first-order chi connectivity index (χ1) is 14.2. The van der Waals surface area contributed by atoms with Crippen molar-refractivity contribution in [1.29, 1.82) is 0 Å². The average Bonchev–Trinajstić information content (AvgIpc) is 3.12. The highest BCUT2D eigenvalue weighted by Crippen LogP contribution is 2.38. The number of pyridine rings is 2. The molecule has 0 unspecified atom stereocenters. The summed E-state index contributed by atoms with van der Waals surface area (Å²) < 4.78 is 8.64. The van der Waals surface area contributed by atoms with Gasteiger partial charge in [-0.2, -0.15) is 0 Å². The van der Waals surface area contributed by atoms with Gasteiger partial charge in [0.05, 0.1) is 5.56 Å². The van der Waals surface area contributed by atoms with Crippen LogP contribution in [0.25, 0.3) is 33.3 Å². The normalized spacial score (nSPS) is 15.4. The lowest BCUT2D eigenvalue weighted by molar-refractivity contribution is -0.660. The summed E-state index contributed by atoms with van der Waals surface area (Å²) in [4.78, 5) is 4.98. The number of nitrogens with zero attached hydrogens (tertiary/aromatic N) is 2. The highest BCUT2D eigenvalue weighted by Gasteiger charge is 2.23. The maximum atomic E-state index is 6.45. The molecule has 148 valence electrons. The highest BCUT2D eigenvalue weighted by molar-refractivity contribution is 6.08. The van der Waals surface area contributed by atoms with Crippen LogP contribution in [0.1, 0.15) is 61.8 Å². The Morgan fingerprint density at radius 3 is 2.62 bits per heavy atom. The van der Waals surface area contributed by atoms with Gasteiger partial charge in [0.15, 0.2) is 11.8 Å². The zero-order chi connectivity index (χ0) is 20.0. The first-order valence-corrected chi connectivity index (χ1v) is 11.0. The lowest BCUT2D eigenvalue weighted by Gasteiger charge is -2.20. The van der Waals surface area contributed by atoms with Crippen molar-refractivity contribution in [2.45, 2.75) is 58.3 Å². The lowest BCUT2D eigenvalue weighted by Crippen LogP contribution is -2.30. The van der Waals surface area contributed by atoms with Gasteiger partial charge in [-0.3, -0.25) is 0 Å². The van der Waals surface area contributed by atoms with Crippen molar-refractivity contribution < 1.29 is 8.98 Å². The molecule has 3 heteroatoms. The first kappa shape index (κ1) is 18.4. The minimum absolute atomic E-state index is 0.585. The second-order valence-corrected chi connectivity index (χ2v) is 8.54. The second-order valence-electron chi connectivity index (χ2n) is 8.54. The zero-order valence-corrected chi connectivity index (χ0v) is 17.7. The summed E-state index contributed by atoms with van der Waals surface area (Å²) in [6, 6.07) is 13.3. The fraction of sp³-hybridized carbons (Fsp3) is 0.385. The molecule has 0 aliphatic heterocycles. The molecule has 5 rings (SSSR count). The minimum Gasteiger partial charge on any atom is -0.437 e. The van der Waals surface area contributed by atoms with Gasteiger partial charge in [-0.1, -0.05) is 38.3 Å². The molecule has 1 fully saturated rings. The predicted molar refractivity (Wildman–Crippen MR) is 118 cm³/mol. The summed E-state index contributed by atoms with van der Waals surface area (Å²) in [5.74, 6) is 0.585. The number of rotatable bonds is 3. The van der Waals surface area contributed by atoms with Gasteiger partial charge in [0.25, 0.3) is 0 Å². The van der Waals surface area contributed by atoms with Gasteiger partial charge in [0.2, 0.25) is 11.4 Å². The van der Waals surface area contributed by atoms with E-state index in [1.165, 1.54) is 60.2 Å². The van der Waals surface area contributed by atoms with Crippen molar-refractivity contribution >= 4 is 22.1 Å². The van der Waals surface area contributed by atoms with Gasteiger partial charge >= 0.3 is 0 Å². The second kappa shape index (κ2) is 7.29. The van der Waals surface area contributed by atoms with E-state index in [9.17, 15) is 0 Å². The van der Waals surface area contributed by atoms with Crippen LogP contribution in [0.4, 0.5) is 0 Å². The summed E-state index contributed by atoms with van der Waals surface area (Å²) in [5.41, 5.74) is 7.88. The van der Waals surface area contributed by atoms with Crippen LogP contribution in [0.5, 0.6) is 0 Å². The monoisotopic (exact) mass is 385 g/mol. The number of furan rings is 1. The van der Waals surface area contributed by atoms with E-state index in [0.29, 0.717) is 5.92 Å². The smallest absolute Gasteiger partial charge is 0.227 e. The molecule has 0 saturated heterocycles. The van der Waals surface area contributed by atoms with Crippen molar-refractivity contribution in [3.8, 4) is 11.3 Å². The van der Waals surface area contributed by atoms with Crippen LogP contribution < -0.4 is 4.57 Å². The molecule has 1 aliphatic rings. The standard InChI is InChI=1S/C26H29N2O/c1-4-18-14-15-28(3)23(16-18)24-17(2)10-11-20-21-12-13-22(19-8-6-5-7-9-19)27-26(21)29-25(20)24/h10-16,19H,4-9H2,1-3H3/q+1. The van der Waals surface area contributed by atoms with Crippen LogP contribution in [0.2, 0.25) is 0 Å². The number of aryl methyl sites for hydroxylation is 3. The number of fused-ring (bicyclic) bond motifs is 3. The molecule has 0 amide bonds. The molecular weight excluding hydrogens is 356 g/mol. The fourth-order valence-electron chi connectivity index (χ4n) is 4.86. The Labute approximate surface area is 172 Å². The number of hydrogen-bond acceptors (Lipinski definition) is 2. The summed E-state index contributed by atoms with van der Waals surface area (Å²) in [6.45, 7) is 4.37. The molecule has 1 saturated carbocycles. The Hall–Kier alpha value is -2.68. The van der Waals surface area contributed by atoms with Gasteiger partial charge in [-0.05, 0) is 49.4 Å². The molecule has 0 N–H and O–H groups in total. The average molecular weight is 386 g/mol. The number of aromatic nitrogens is 2. The topological polar surface area (TPSA) is 29.9 Å². The van der Waals surface area contributed by atoms with Crippen molar-refractivity contribution in [3.05, 3.63) is 59.4 Å². The van der Waals surface area contributed by atoms with Crippen LogP contribution in [0, 0.1) is 6.92 Å². The SMILES string of the molecule is CCc1cc[n+](C)c(-c2c(C)ccc3c2oc2nc(C4CCCCC4)ccc23)c1. The Morgan fingerprint density at radius 2 is 1.83 bits per heavy atom. The van der Waals surface area contributed by atoms with Crippen molar-refractivity contribution in [2.24, 2.45) is 7.05 Å². The van der Waals surface area contributed by atoms with E-state index in [1.807, 2.05) is 0 Å². The molecule has 0 bridgehead atoms. The van der Waals surface area contributed by atoms with Crippen LogP contribution in [-0.2, 0) is 13.5 Å². The third-order valence-corrected chi connectivity index (χ3v) is 6.64. The van der Waals surface area contributed by atoms with Crippen LogP contribution >= 0.6 is 0 Å². The number of benzene rings is 1. The van der Waals surface area contributed by atoms with Crippen molar-refractivity contribution in [1.82, 2.24) is 4.98 Å². The van der Waals surface area contributed by atoms with E-state index in [4.69, 9.17) is 9.40 Å². The molecule has 29 heavy (non-hydrogen) atoms. The van der Waals surface area contributed by atoms with E-state index in [0.717, 1.165) is 28.5 Å². The third-order valence-electron chi connectivity index (χ3n) is 6.64. The molecular formula is C26H29N2O+. The molecule has 0 spiro atoms. The number of hydrogen-bond donors (Lipinski definition) is 0. The quantitative estimate of drug-likeness (QED) is 0.382. The van der Waals surface area contributed by atoms with Crippen LogP contribution in [-0.4, -0.2) is 4.98 Å². The van der Waals surface area contributed by atoms with E-state index < -0.39 is 0 Å². The molecule has 4 aromatic rings. The Balaban J connectivity index is 1.71. The van der Waals surface area contributed by atoms with Gasteiger partial charge in [-0.25, -0.2) is 9.55 Å². The third kappa shape index (κ3) is 3.13. The molecule has 0 radical (unpaired) electrons.